The zero-order chi connectivity index (χ0) is 29.5. The largest absolute Gasteiger partial charge is 0.343 e. The molecule has 3 amide bonds. The third-order valence-corrected chi connectivity index (χ3v) is 6.76. The Hall–Kier alpha value is -3.99. The summed E-state index contributed by atoms with van der Waals surface area (Å²) in [7, 11) is 1.63. The lowest BCUT2D eigenvalue weighted by Gasteiger charge is -2.25. The van der Waals surface area contributed by atoms with E-state index in [0.29, 0.717) is 57.7 Å². The van der Waals surface area contributed by atoms with Crippen molar-refractivity contribution >= 4 is 34.3 Å². The normalized spacial score (nSPS) is 12.4. The molecular formula is C31H42N7O3+. The van der Waals surface area contributed by atoms with Gasteiger partial charge < -0.3 is 31.9 Å². The maximum absolute atomic E-state index is 13.4. The standard InChI is InChI=1S/C31H41N7O3/c1-3-18-38(19-17-34-16-15-32)29(39)21-28(33-2)31(41)37-27(14-13-23-9-5-4-6-10-23)30(40)36-25-20-24-11-7-8-12-26(24)35-22-25/h4-12,20,22,27-28,33-34H,1,3,13-19,21,32H2,2H3,(H-,36,37,40,41)/p+1. The highest BCUT2D eigenvalue weighted by Gasteiger charge is 2.28. The van der Waals surface area contributed by atoms with Crippen molar-refractivity contribution in [2.24, 2.45) is 5.73 Å². The van der Waals surface area contributed by atoms with Gasteiger partial charge in [0, 0.05) is 31.6 Å². The summed E-state index contributed by atoms with van der Waals surface area (Å²) in [5.41, 5.74) is 7.94. The summed E-state index contributed by atoms with van der Waals surface area (Å²) >= 11 is 0. The van der Waals surface area contributed by atoms with Crippen molar-refractivity contribution < 1.29 is 14.4 Å². The zero-order valence-corrected chi connectivity index (χ0v) is 23.8. The van der Waals surface area contributed by atoms with Crippen molar-refractivity contribution in [3.63, 3.8) is 0 Å². The smallest absolute Gasteiger partial charge is 0.247 e. The molecule has 41 heavy (non-hydrogen) atoms. The number of aryl methyl sites for hydroxylation is 1. The molecule has 1 heterocycles. The van der Waals surface area contributed by atoms with Crippen LogP contribution in [0, 0.1) is 6.92 Å². The number of hydrogen-bond donors (Lipinski definition) is 5. The minimum atomic E-state index is -0.823. The molecular weight excluding hydrogens is 518 g/mol. The Morgan fingerprint density at radius 1 is 0.976 bits per heavy atom. The van der Waals surface area contributed by atoms with Crippen molar-refractivity contribution in [2.75, 3.05) is 45.1 Å². The first-order valence-corrected chi connectivity index (χ1v) is 14.1. The molecule has 3 rings (SSSR count). The van der Waals surface area contributed by atoms with Crippen LogP contribution < -0.4 is 27.0 Å². The molecule has 2 atom stereocenters. The Morgan fingerprint density at radius 3 is 2.46 bits per heavy atom. The van der Waals surface area contributed by atoms with E-state index in [9.17, 15) is 14.4 Å². The second kappa shape index (κ2) is 17.0. The highest BCUT2D eigenvalue weighted by molar-refractivity contribution is 5.99. The van der Waals surface area contributed by atoms with Crippen LogP contribution in [0.25, 0.3) is 10.9 Å². The third-order valence-electron chi connectivity index (χ3n) is 6.76. The fourth-order valence-corrected chi connectivity index (χ4v) is 4.49. The Morgan fingerprint density at radius 2 is 1.73 bits per heavy atom. The van der Waals surface area contributed by atoms with Gasteiger partial charge in [0.05, 0.1) is 43.3 Å². The van der Waals surface area contributed by atoms with Gasteiger partial charge in [0.15, 0.2) is 0 Å². The minimum Gasteiger partial charge on any atom is -0.343 e. The summed E-state index contributed by atoms with van der Waals surface area (Å²) in [4.78, 5) is 46.0. The van der Waals surface area contributed by atoms with E-state index in [1.807, 2.05) is 60.7 Å². The number of pyridine rings is 1. The van der Waals surface area contributed by atoms with Gasteiger partial charge >= 0.3 is 0 Å². The molecule has 0 fully saturated rings. The Labute approximate surface area is 242 Å². The second-order valence-electron chi connectivity index (χ2n) is 9.81. The molecule has 0 bridgehead atoms. The van der Waals surface area contributed by atoms with E-state index in [1.54, 1.807) is 18.1 Å². The van der Waals surface area contributed by atoms with Crippen molar-refractivity contribution in [3.8, 4) is 0 Å². The number of nitrogens with one attached hydrogen (secondary N) is 4. The monoisotopic (exact) mass is 560 g/mol. The lowest BCUT2D eigenvalue weighted by molar-refractivity contribution is -0.135. The van der Waals surface area contributed by atoms with Crippen LogP contribution in [0.5, 0.6) is 0 Å². The summed E-state index contributed by atoms with van der Waals surface area (Å²) in [6.45, 7) is 6.63. The highest BCUT2D eigenvalue weighted by atomic mass is 16.2. The molecule has 0 aliphatic heterocycles. The highest BCUT2D eigenvalue weighted by Crippen LogP contribution is 2.17. The maximum atomic E-state index is 13.4. The van der Waals surface area contributed by atoms with E-state index >= 15 is 0 Å². The van der Waals surface area contributed by atoms with Gasteiger partial charge in [-0.2, -0.15) is 0 Å². The quantitative estimate of drug-likeness (QED) is 0.125. The molecule has 218 valence electrons. The van der Waals surface area contributed by atoms with Crippen LogP contribution in [0.1, 0.15) is 24.8 Å². The average Bonchev–Trinajstić information content (AvgIpc) is 2.99. The van der Waals surface area contributed by atoms with Crippen LogP contribution in [-0.2, 0) is 20.8 Å². The summed E-state index contributed by atoms with van der Waals surface area (Å²) in [5.74, 6) is -0.927. The topological polar surface area (TPSA) is 141 Å². The number of nitrogens with two attached hydrogens (primary N) is 1. The number of para-hydroxylation sites is 1. The number of nitrogens with zero attached hydrogens (tertiary/aromatic N) is 2. The van der Waals surface area contributed by atoms with Crippen LogP contribution in [0.4, 0.5) is 5.69 Å². The molecule has 2 aromatic carbocycles. The van der Waals surface area contributed by atoms with Gasteiger partial charge in [0.2, 0.25) is 17.7 Å². The van der Waals surface area contributed by atoms with Crippen molar-refractivity contribution in [1.29, 1.82) is 0 Å². The Bertz CT molecular complexity index is 1250. The van der Waals surface area contributed by atoms with Gasteiger partial charge in [-0.15, -0.1) is 0 Å². The van der Waals surface area contributed by atoms with Gasteiger partial charge in [0.25, 0.3) is 0 Å². The number of benzene rings is 2. The fraction of sp³-hybridized carbons (Fsp3) is 0.387. The lowest BCUT2D eigenvalue weighted by atomic mass is 10.0. The summed E-state index contributed by atoms with van der Waals surface area (Å²) < 4.78 is 0. The fourth-order valence-electron chi connectivity index (χ4n) is 4.49. The predicted molar refractivity (Wildman–Crippen MR) is 163 cm³/mol. The zero-order valence-electron chi connectivity index (χ0n) is 23.8. The maximum Gasteiger partial charge on any atom is 0.247 e. The van der Waals surface area contributed by atoms with Gasteiger partial charge in [-0.05, 0) is 37.6 Å². The van der Waals surface area contributed by atoms with Gasteiger partial charge in [-0.1, -0.05) is 48.5 Å². The molecule has 1 aromatic heterocycles. The lowest BCUT2D eigenvalue weighted by Crippen LogP contribution is -2.52. The number of amides is 3. The number of carbonyl (C=O) groups is 3. The molecule has 0 aliphatic rings. The number of likely N-dealkylation sites (N-methyl/N-ethyl adjacent to an activating group) is 1. The van der Waals surface area contributed by atoms with Gasteiger partial charge in [-0.3, -0.25) is 19.4 Å². The molecule has 2 unspecified atom stereocenters. The second-order valence-corrected chi connectivity index (χ2v) is 9.81. The number of fused-ring (bicyclic) bond motifs is 1. The van der Waals surface area contributed by atoms with Crippen LogP contribution >= 0.6 is 0 Å². The predicted octanol–water partition coefficient (Wildman–Crippen LogP) is 1.87. The molecule has 6 N–H and O–H groups in total. The first-order chi connectivity index (χ1) is 19.9. The van der Waals surface area contributed by atoms with E-state index in [4.69, 9.17) is 5.73 Å². The van der Waals surface area contributed by atoms with Crippen LogP contribution in [0.3, 0.4) is 0 Å². The third kappa shape index (κ3) is 10.2. The van der Waals surface area contributed by atoms with Gasteiger partial charge in [-0.25, -0.2) is 0 Å². The van der Waals surface area contributed by atoms with E-state index in [-0.39, 0.29) is 18.2 Å². The van der Waals surface area contributed by atoms with Crippen LogP contribution in [-0.4, -0.2) is 79.5 Å². The number of aromatic nitrogens is 1. The SMILES string of the molecule is [CH2+]CCN(CCNCCN)C(=O)CC(NC)C(=O)NC(CCc1ccccc1)C(=O)Nc1cnc2ccccc2c1. The first-order valence-electron chi connectivity index (χ1n) is 14.1. The van der Waals surface area contributed by atoms with E-state index < -0.39 is 18.0 Å². The van der Waals surface area contributed by atoms with Crippen LogP contribution in [0.2, 0.25) is 0 Å². The molecule has 3 aromatic rings. The average molecular weight is 561 g/mol. The molecule has 10 heteroatoms. The van der Waals surface area contributed by atoms with Crippen molar-refractivity contribution in [1.82, 2.24) is 25.8 Å². The summed E-state index contributed by atoms with van der Waals surface area (Å²) in [6.07, 6.45) is 3.09. The van der Waals surface area contributed by atoms with Crippen molar-refractivity contribution in [2.45, 2.75) is 37.8 Å². The number of hydrogen-bond acceptors (Lipinski definition) is 7. The van der Waals surface area contributed by atoms with Gasteiger partial charge in [0.1, 0.15) is 12.5 Å². The molecule has 0 saturated carbocycles. The number of rotatable bonds is 17. The molecule has 10 nitrogen and oxygen atoms in total. The van der Waals surface area contributed by atoms with Crippen molar-refractivity contribution in [3.05, 3.63) is 79.3 Å². The molecule has 0 radical (unpaired) electrons. The summed E-state index contributed by atoms with van der Waals surface area (Å²) in [6, 6.07) is 17.6. The Kier molecular flexibility index (Phi) is 13.0. The first kappa shape index (κ1) is 31.5. The van der Waals surface area contributed by atoms with E-state index in [2.05, 4.69) is 33.2 Å². The molecule has 0 saturated heterocycles. The molecule has 0 aliphatic carbocycles. The van der Waals surface area contributed by atoms with Crippen LogP contribution in [0.15, 0.2) is 66.9 Å². The number of anilines is 1. The number of carbonyl (C=O) groups excluding carboxylic acids is 3. The summed E-state index contributed by atoms with van der Waals surface area (Å²) in [5, 5.41) is 12.8. The molecule has 0 spiro atoms. The van der Waals surface area contributed by atoms with E-state index in [1.165, 1.54) is 0 Å². The van der Waals surface area contributed by atoms with E-state index in [0.717, 1.165) is 16.5 Å². The Balaban J connectivity index is 1.69. The minimum absolute atomic E-state index is 0.0408.